The van der Waals surface area contributed by atoms with Crippen molar-refractivity contribution >= 4 is 15.9 Å². The Morgan fingerprint density at radius 3 is 2.48 bits per heavy atom. The van der Waals surface area contributed by atoms with Crippen molar-refractivity contribution in [2.45, 2.75) is 51.5 Å². The Bertz CT molecular complexity index is 406. The third-order valence-electron chi connectivity index (χ3n) is 3.84. The summed E-state index contributed by atoms with van der Waals surface area (Å²) in [5.74, 6) is 0.0392. The third kappa shape index (κ3) is 7.78. The molecule has 1 saturated carbocycles. The van der Waals surface area contributed by atoms with E-state index < -0.39 is 10.0 Å². The van der Waals surface area contributed by atoms with Gasteiger partial charge in [0.1, 0.15) is 0 Å². The van der Waals surface area contributed by atoms with Crippen LogP contribution in [0.25, 0.3) is 0 Å². The van der Waals surface area contributed by atoms with E-state index in [1.54, 1.807) is 0 Å². The minimum absolute atomic E-state index is 0.0392. The van der Waals surface area contributed by atoms with Crippen LogP contribution in [-0.4, -0.2) is 57.1 Å². The number of carbonyl (C=O) groups is 1. The fourth-order valence-corrected chi connectivity index (χ4v) is 3.60. The molecule has 124 valence electrons. The molecule has 1 aliphatic carbocycles. The molecule has 1 aliphatic rings. The Hall–Kier alpha value is -0.660. The van der Waals surface area contributed by atoms with Gasteiger partial charge in [0.25, 0.3) is 0 Å². The molecule has 1 amide bonds. The molecule has 0 aromatic carbocycles. The summed E-state index contributed by atoms with van der Waals surface area (Å²) in [6.07, 6.45) is 7.79. The molecule has 0 spiro atoms. The number of nitrogens with zero attached hydrogens (tertiary/aromatic N) is 1. The van der Waals surface area contributed by atoms with Gasteiger partial charge in [-0.2, -0.15) is 0 Å². The average Bonchev–Trinajstić information content (AvgIpc) is 2.42. The Morgan fingerprint density at radius 1 is 1.24 bits per heavy atom. The van der Waals surface area contributed by atoms with E-state index in [-0.39, 0.29) is 5.91 Å². The minimum atomic E-state index is -3.11. The molecule has 0 aromatic heterocycles. The Kier molecular flexibility index (Phi) is 8.21. The first kappa shape index (κ1) is 18.4. The van der Waals surface area contributed by atoms with Gasteiger partial charge in [-0.15, -0.1) is 0 Å². The van der Waals surface area contributed by atoms with Gasteiger partial charge in [0, 0.05) is 19.1 Å². The van der Waals surface area contributed by atoms with Crippen LogP contribution in [0, 0.1) is 0 Å². The van der Waals surface area contributed by atoms with E-state index in [1.807, 2.05) is 6.92 Å². The summed E-state index contributed by atoms with van der Waals surface area (Å²) in [5.41, 5.74) is 0. The van der Waals surface area contributed by atoms with E-state index >= 15 is 0 Å². The lowest BCUT2D eigenvalue weighted by Gasteiger charge is -2.22. The standard InChI is InChI=1S/C14H29N3O3S/c1-3-17(21(2,19)20)11-7-10-15-12-14(18)16-13-8-5-4-6-9-13/h13,15H,3-12H2,1-2H3,(H,16,18). The van der Waals surface area contributed by atoms with Gasteiger partial charge in [-0.3, -0.25) is 4.79 Å². The zero-order chi connectivity index (χ0) is 15.7. The highest BCUT2D eigenvalue weighted by molar-refractivity contribution is 7.88. The first-order chi connectivity index (χ1) is 9.93. The topological polar surface area (TPSA) is 78.5 Å². The molecular weight excluding hydrogens is 290 g/mol. The lowest BCUT2D eigenvalue weighted by Crippen LogP contribution is -2.41. The monoisotopic (exact) mass is 319 g/mol. The highest BCUT2D eigenvalue weighted by Gasteiger charge is 2.15. The fourth-order valence-electron chi connectivity index (χ4n) is 2.67. The molecule has 0 aliphatic heterocycles. The van der Waals surface area contributed by atoms with Crippen LogP contribution in [0.5, 0.6) is 0 Å². The van der Waals surface area contributed by atoms with Crippen molar-refractivity contribution in [2.75, 3.05) is 32.4 Å². The number of carbonyl (C=O) groups excluding carboxylic acids is 1. The van der Waals surface area contributed by atoms with Crippen molar-refractivity contribution in [3.05, 3.63) is 0 Å². The molecule has 0 bridgehead atoms. The molecule has 1 fully saturated rings. The second-order valence-electron chi connectivity index (χ2n) is 5.69. The predicted octanol–water partition coefficient (Wildman–Crippen LogP) is 0.697. The van der Waals surface area contributed by atoms with Gasteiger partial charge in [0.2, 0.25) is 15.9 Å². The van der Waals surface area contributed by atoms with Crippen molar-refractivity contribution in [2.24, 2.45) is 0 Å². The molecule has 6 nitrogen and oxygen atoms in total. The van der Waals surface area contributed by atoms with Crippen molar-refractivity contribution in [3.8, 4) is 0 Å². The van der Waals surface area contributed by atoms with Crippen LogP contribution in [0.15, 0.2) is 0 Å². The first-order valence-electron chi connectivity index (χ1n) is 7.88. The van der Waals surface area contributed by atoms with Crippen LogP contribution >= 0.6 is 0 Å². The van der Waals surface area contributed by atoms with E-state index in [0.717, 1.165) is 12.8 Å². The Balaban J connectivity index is 2.09. The number of sulfonamides is 1. The molecule has 0 heterocycles. The van der Waals surface area contributed by atoms with Crippen LogP contribution in [0.4, 0.5) is 0 Å². The normalized spacial score (nSPS) is 17.1. The molecular formula is C14H29N3O3S. The largest absolute Gasteiger partial charge is 0.352 e. The van der Waals surface area contributed by atoms with Crippen molar-refractivity contribution in [1.82, 2.24) is 14.9 Å². The average molecular weight is 319 g/mol. The maximum absolute atomic E-state index is 11.7. The molecule has 0 radical (unpaired) electrons. The van der Waals surface area contributed by atoms with Gasteiger partial charge in [-0.25, -0.2) is 12.7 Å². The first-order valence-corrected chi connectivity index (χ1v) is 9.73. The lowest BCUT2D eigenvalue weighted by atomic mass is 9.95. The zero-order valence-electron chi connectivity index (χ0n) is 13.2. The highest BCUT2D eigenvalue weighted by Crippen LogP contribution is 2.17. The SMILES string of the molecule is CCN(CCCNCC(=O)NC1CCCCC1)S(C)(=O)=O. The molecule has 0 unspecified atom stereocenters. The smallest absolute Gasteiger partial charge is 0.234 e. The maximum Gasteiger partial charge on any atom is 0.234 e. The molecule has 0 saturated heterocycles. The maximum atomic E-state index is 11.7. The summed E-state index contributed by atoms with van der Waals surface area (Å²) in [6, 6.07) is 0.342. The minimum Gasteiger partial charge on any atom is -0.352 e. The van der Waals surface area contributed by atoms with Crippen LogP contribution in [0.1, 0.15) is 45.4 Å². The van der Waals surface area contributed by atoms with Crippen LogP contribution in [-0.2, 0) is 14.8 Å². The fraction of sp³-hybridized carbons (Fsp3) is 0.929. The molecule has 1 rings (SSSR count). The van der Waals surface area contributed by atoms with E-state index in [2.05, 4.69) is 10.6 Å². The Morgan fingerprint density at radius 2 is 1.90 bits per heavy atom. The summed E-state index contributed by atoms with van der Waals surface area (Å²) >= 11 is 0. The van der Waals surface area contributed by atoms with Gasteiger partial charge in [0.15, 0.2) is 0 Å². The van der Waals surface area contributed by atoms with Gasteiger partial charge in [-0.1, -0.05) is 26.2 Å². The second-order valence-corrected chi connectivity index (χ2v) is 7.67. The number of amides is 1. The van der Waals surface area contributed by atoms with Gasteiger partial charge in [-0.05, 0) is 25.8 Å². The van der Waals surface area contributed by atoms with E-state index in [4.69, 9.17) is 0 Å². The number of hydrogen-bond donors (Lipinski definition) is 2. The van der Waals surface area contributed by atoms with Crippen molar-refractivity contribution < 1.29 is 13.2 Å². The van der Waals surface area contributed by atoms with Gasteiger partial charge in [0.05, 0.1) is 12.8 Å². The van der Waals surface area contributed by atoms with Crippen molar-refractivity contribution in [1.29, 1.82) is 0 Å². The number of nitrogens with one attached hydrogen (secondary N) is 2. The second kappa shape index (κ2) is 9.38. The highest BCUT2D eigenvalue weighted by atomic mass is 32.2. The van der Waals surface area contributed by atoms with E-state index in [0.29, 0.717) is 38.6 Å². The molecule has 21 heavy (non-hydrogen) atoms. The van der Waals surface area contributed by atoms with Gasteiger partial charge >= 0.3 is 0 Å². The summed E-state index contributed by atoms with van der Waals surface area (Å²) in [6.45, 7) is 3.76. The van der Waals surface area contributed by atoms with Crippen LogP contribution in [0.3, 0.4) is 0 Å². The molecule has 2 N–H and O–H groups in total. The predicted molar refractivity (Wildman–Crippen MR) is 84.6 cm³/mol. The van der Waals surface area contributed by atoms with Crippen LogP contribution < -0.4 is 10.6 Å². The quantitative estimate of drug-likeness (QED) is 0.613. The Labute approximate surface area is 128 Å². The number of hydrogen-bond acceptors (Lipinski definition) is 4. The summed E-state index contributed by atoms with van der Waals surface area (Å²) in [7, 11) is -3.11. The summed E-state index contributed by atoms with van der Waals surface area (Å²) < 4.78 is 24.2. The molecule has 0 atom stereocenters. The van der Waals surface area contributed by atoms with Gasteiger partial charge < -0.3 is 10.6 Å². The molecule has 7 heteroatoms. The van der Waals surface area contributed by atoms with Crippen molar-refractivity contribution in [3.63, 3.8) is 0 Å². The third-order valence-corrected chi connectivity index (χ3v) is 5.22. The lowest BCUT2D eigenvalue weighted by molar-refractivity contribution is -0.121. The number of rotatable bonds is 9. The van der Waals surface area contributed by atoms with E-state index in [9.17, 15) is 13.2 Å². The zero-order valence-corrected chi connectivity index (χ0v) is 14.0. The molecule has 0 aromatic rings. The van der Waals surface area contributed by atoms with Crippen LogP contribution in [0.2, 0.25) is 0 Å². The van der Waals surface area contributed by atoms with E-state index in [1.165, 1.54) is 29.8 Å². The summed E-state index contributed by atoms with van der Waals surface area (Å²) in [5, 5.41) is 6.12. The summed E-state index contributed by atoms with van der Waals surface area (Å²) in [4.78, 5) is 11.7.